The fourth-order valence-corrected chi connectivity index (χ4v) is 5.41. The van der Waals surface area contributed by atoms with Gasteiger partial charge < -0.3 is 15.1 Å². The van der Waals surface area contributed by atoms with Crippen LogP contribution in [-0.2, 0) is 0 Å². The molecule has 3 heterocycles. The average Bonchev–Trinajstić information content (AvgIpc) is 3.22. The van der Waals surface area contributed by atoms with Crippen molar-refractivity contribution in [2.45, 2.75) is 6.92 Å². The van der Waals surface area contributed by atoms with E-state index in [9.17, 15) is 4.79 Å². The average molecular weight is 451 g/mol. The molecule has 1 amide bonds. The molecular formula is C24H23ClN4OS. The maximum atomic E-state index is 13.2. The molecule has 0 aliphatic carbocycles. The number of piperazine rings is 1. The van der Waals surface area contributed by atoms with Crippen LogP contribution in [0.1, 0.15) is 15.2 Å². The predicted octanol–water partition coefficient (Wildman–Crippen LogP) is 5.42. The van der Waals surface area contributed by atoms with Gasteiger partial charge in [-0.2, -0.15) is 0 Å². The van der Waals surface area contributed by atoms with Gasteiger partial charge in [-0.15, -0.1) is 11.3 Å². The fourth-order valence-electron chi connectivity index (χ4n) is 4.04. The SMILES string of the molecule is Cc1ccc2nc(Cl)c3cc(C(=O)Nc4ccccc4N4CCN(C)CC4)sc3c2c1. The van der Waals surface area contributed by atoms with Gasteiger partial charge >= 0.3 is 0 Å². The highest BCUT2D eigenvalue weighted by Gasteiger charge is 2.20. The van der Waals surface area contributed by atoms with Crippen LogP contribution in [0.5, 0.6) is 0 Å². The van der Waals surface area contributed by atoms with Crippen LogP contribution in [0.15, 0.2) is 48.5 Å². The fraction of sp³-hybridized carbons (Fsp3) is 0.250. The smallest absolute Gasteiger partial charge is 0.265 e. The maximum absolute atomic E-state index is 13.2. The number of nitrogens with zero attached hydrogens (tertiary/aromatic N) is 3. The first-order valence-corrected chi connectivity index (χ1v) is 11.5. The van der Waals surface area contributed by atoms with E-state index in [1.54, 1.807) is 0 Å². The molecule has 0 saturated carbocycles. The van der Waals surface area contributed by atoms with Crippen molar-refractivity contribution in [1.82, 2.24) is 9.88 Å². The van der Waals surface area contributed by atoms with E-state index in [1.807, 2.05) is 36.4 Å². The molecule has 2 aromatic carbocycles. The summed E-state index contributed by atoms with van der Waals surface area (Å²) in [5, 5.41) is 5.41. The minimum absolute atomic E-state index is 0.125. The van der Waals surface area contributed by atoms with Crippen molar-refractivity contribution in [2.75, 3.05) is 43.4 Å². The third kappa shape index (κ3) is 3.87. The van der Waals surface area contributed by atoms with Gasteiger partial charge in [-0.25, -0.2) is 4.98 Å². The summed E-state index contributed by atoms with van der Waals surface area (Å²) in [6.45, 7) is 5.96. The first-order valence-electron chi connectivity index (χ1n) is 10.3. The normalized spacial score (nSPS) is 15.0. The number of fused-ring (bicyclic) bond motifs is 3. The molecule has 5 rings (SSSR count). The Bertz CT molecular complexity index is 1290. The zero-order valence-corrected chi connectivity index (χ0v) is 19.1. The number of hydrogen-bond acceptors (Lipinski definition) is 5. The molecule has 0 spiro atoms. The lowest BCUT2D eigenvalue weighted by molar-refractivity contribution is 0.103. The Morgan fingerprint density at radius 2 is 1.84 bits per heavy atom. The highest BCUT2D eigenvalue weighted by molar-refractivity contribution is 7.22. The molecule has 1 aliphatic heterocycles. The molecule has 1 N–H and O–H groups in total. The number of nitrogens with one attached hydrogen (secondary N) is 1. The van der Waals surface area contributed by atoms with Crippen LogP contribution in [0.25, 0.3) is 21.0 Å². The second-order valence-corrected chi connectivity index (χ2v) is 9.45. The molecule has 158 valence electrons. The highest BCUT2D eigenvalue weighted by atomic mass is 35.5. The number of rotatable bonds is 3. The number of hydrogen-bond donors (Lipinski definition) is 1. The first kappa shape index (κ1) is 20.2. The molecule has 0 atom stereocenters. The third-order valence-electron chi connectivity index (χ3n) is 5.79. The molecule has 7 heteroatoms. The highest BCUT2D eigenvalue weighted by Crippen LogP contribution is 2.37. The van der Waals surface area contributed by atoms with Crippen LogP contribution in [-0.4, -0.2) is 49.0 Å². The minimum Gasteiger partial charge on any atom is -0.367 e. The Labute approximate surface area is 190 Å². The number of anilines is 2. The molecule has 0 bridgehead atoms. The van der Waals surface area contributed by atoms with Crippen LogP contribution in [0.3, 0.4) is 0 Å². The largest absolute Gasteiger partial charge is 0.367 e. The van der Waals surface area contributed by atoms with Crippen molar-refractivity contribution in [3.8, 4) is 0 Å². The standard InChI is InChI=1S/C24H23ClN4OS/c1-15-7-8-18-16(13-15)22-17(23(25)26-18)14-21(31-22)24(30)27-19-5-3-4-6-20(19)29-11-9-28(2)10-12-29/h3-8,13-14H,9-12H2,1-2H3,(H,27,30). The van der Waals surface area contributed by atoms with Crippen LogP contribution in [0, 0.1) is 6.92 Å². The molecule has 2 aromatic heterocycles. The number of para-hydroxylation sites is 2. The van der Waals surface area contributed by atoms with E-state index < -0.39 is 0 Å². The summed E-state index contributed by atoms with van der Waals surface area (Å²) >= 11 is 7.91. The molecule has 4 aromatic rings. The molecule has 1 aliphatic rings. The molecule has 0 unspecified atom stereocenters. The second kappa shape index (κ2) is 8.11. The van der Waals surface area contributed by atoms with Gasteiger partial charge in [-0.1, -0.05) is 35.4 Å². The number of pyridine rings is 1. The van der Waals surface area contributed by atoms with Gasteiger partial charge in [0.25, 0.3) is 5.91 Å². The Kier molecular flexibility index (Phi) is 5.30. The summed E-state index contributed by atoms with van der Waals surface area (Å²) in [7, 11) is 2.14. The number of carbonyl (C=O) groups excluding carboxylic acids is 1. The molecule has 1 fully saturated rings. The van der Waals surface area contributed by atoms with E-state index in [1.165, 1.54) is 11.3 Å². The number of amides is 1. The number of aryl methyl sites for hydroxylation is 1. The van der Waals surface area contributed by atoms with E-state index >= 15 is 0 Å². The van der Waals surface area contributed by atoms with Gasteiger partial charge in [0.1, 0.15) is 5.15 Å². The van der Waals surface area contributed by atoms with Gasteiger partial charge in [-0.05, 0) is 44.3 Å². The molecule has 1 saturated heterocycles. The van der Waals surface area contributed by atoms with Crippen LogP contribution < -0.4 is 10.2 Å². The van der Waals surface area contributed by atoms with Gasteiger partial charge in [0, 0.05) is 41.7 Å². The number of thiophene rings is 1. The van der Waals surface area contributed by atoms with E-state index in [0.717, 1.165) is 64.1 Å². The molecular weight excluding hydrogens is 428 g/mol. The molecule has 31 heavy (non-hydrogen) atoms. The van der Waals surface area contributed by atoms with Crippen LogP contribution in [0.2, 0.25) is 5.15 Å². The Morgan fingerprint density at radius 3 is 2.65 bits per heavy atom. The molecule has 5 nitrogen and oxygen atoms in total. The summed E-state index contributed by atoms with van der Waals surface area (Å²) in [5.74, 6) is -0.125. The lowest BCUT2D eigenvalue weighted by Gasteiger charge is -2.35. The Morgan fingerprint density at radius 1 is 1.06 bits per heavy atom. The van der Waals surface area contributed by atoms with Gasteiger partial charge in [0.15, 0.2) is 0 Å². The van der Waals surface area contributed by atoms with E-state index in [2.05, 4.69) is 46.2 Å². The number of aromatic nitrogens is 1. The van der Waals surface area contributed by atoms with Crippen molar-refractivity contribution in [3.63, 3.8) is 0 Å². The zero-order chi connectivity index (χ0) is 21.5. The van der Waals surface area contributed by atoms with Crippen molar-refractivity contribution in [1.29, 1.82) is 0 Å². The zero-order valence-electron chi connectivity index (χ0n) is 17.5. The Balaban J connectivity index is 1.48. The lowest BCUT2D eigenvalue weighted by Crippen LogP contribution is -2.44. The van der Waals surface area contributed by atoms with Crippen molar-refractivity contribution >= 4 is 61.2 Å². The number of carbonyl (C=O) groups is 1. The summed E-state index contributed by atoms with van der Waals surface area (Å²) in [6, 6.07) is 16.0. The second-order valence-electron chi connectivity index (χ2n) is 8.04. The summed E-state index contributed by atoms with van der Waals surface area (Å²) in [5.41, 5.74) is 3.89. The minimum atomic E-state index is -0.125. The van der Waals surface area contributed by atoms with Crippen molar-refractivity contribution in [2.24, 2.45) is 0 Å². The van der Waals surface area contributed by atoms with Crippen molar-refractivity contribution < 1.29 is 4.79 Å². The van der Waals surface area contributed by atoms with Crippen molar-refractivity contribution in [3.05, 3.63) is 64.1 Å². The summed E-state index contributed by atoms with van der Waals surface area (Å²) < 4.78 is 0.996. The number of halogens is 1. The molecule has 0 radical (unpaired) electrons. The number of likely N-dealkylation sites (N-methyl/N-ethyl adjacent to an activating group) is 1. The van der Waals surface area contributed by atoms with Crippen LogP contribution in [0.4, 0.5) is 11.4 Å². The lowest BCUT2D eigenvalue weighted by atomic mass is 10.1. The maximum Gasteiger partial charge on any atom is 0.265 e. The van der Waals surface area contributed by atoms with Gasteiger partial charge in [-0.3, -0.25) is 4.79 Å². The predicted molar refractivity (Wildman–Crippen MR) is 131 cm³/mol. The number of benzene rings is 2. The Hall–Kier alpha value is -2.67. The topological polar surface area (TPSA) is 48.5 Å². The van der Waals surface area contributed by atoms with E-state index in [4.69, 9.17) is 11.6 Å². The van der Waals surface area contributed by atoms with Gasteiger partial charge in [0.2, 0.25) is 0 Å². The quantitative estimate of drug-likeness (QED) is 0.423. The monoisotopic (exact) mass is 450 g/mol. The summed E-state index contributed by atoms with van der Waals surface area (Å²) in [6.07, 6.45) is 0. The van der Waals surface area contributed by atoms with Gasteiger partial charge in [0.05, 0.1) is 21.8 Å². The van der Waals surface area contributed by atoms with E-state index in [0.29, 0.717) is 10.0 Å². The van der Waals surface area contributed by atoms with E-state index in [-0.39, 0.29) is 5.91 Å². The first-order chi connectivity index (χ1) is 15.0. The van der Waals surface area contributed by atoms with Crippen LogP contribution >= 0.6 is 22.9 Å². The third-order valence-corrected chi connectivity index (χ3v) is 7.24. The summed E-state index contributed by atoms with van der Waals surface area (Å²) in [4.78, 5) is 23.0.